The fourth-order valence-electron chi connectivity index (χ4n) is 2.35. The second-order valence-electron chi connectivity index (χ2n) is 5.14. The summed E-state index contributed by atoms with van der Waals surface area (Å²) >= 11 is 0. The molecular formula is C19H16N2. The van der Waals surface area contributed by atoms with Crippen LogP contribution in [0.3, 0.4) is 0 Å². The first kappa shape index (κ1) is 14.6. The van der Waals surface area contributed by atoms with Crippen LogP contribution in [0.15, 0.2) is 61.2 Å². The molecule has 0 bridgehead atoms. The lowest BCUT2D eigenvalue weighted by atomic mass is 9.77. The molecule has 0 heterocycles. The maximum Gasteiger partial charge on any atom is 0.172 e. The highest BCUT2D eigenvalue weighted by Crippen LogP contribution is 2.33. The molecule has 2 heteroatoms. The zero-order valence-corrected chi connectivity index (χ0v) is 12.0. The third-order valence-corrected chi connectivity index (χ3v) is 3.55. The van der Waals surface area contributed by atoms with E-state index < -0.39 is 5.41 Å². The molecule has 2 nitrogen and oxygen atoms in total. The molecular weight excluding hydrogens is 256 g/mol. The highest BCUT2D eigenvalue weighted by molar-refractivity contribution is 5.67. The van der Waals surface area contributed by atoms with E-state index >= 15 is 0 Å². The summed E-state index contributed by atoms with van der Waals surface area (Å²) in [5, 5.41) is 19.1. The molecule has 0 unspecified atom stereocenters. The van der Waals surface area contributed by atoms with E-state index in [2.05, 4.69) is 18.7 Å². The monoisotopic (exact) mass is 272 g/mol. The molecule has 0 aliphatic heterocycles. The smallest absolute Gasteiger partial charge is 0.172 e. The number of nitrogens with zero attached hydrogens (tertiary/aromatic N) is 2. The summed E-state index contributed by atoms with van der Waals surface area (Å²) in [6.07, 6.45) is 0.299. The van der Waals surface area contributed by atoms with Gasteiger partial charge in [0.15, 0.2) is 5.41 Å². The fraction of sp³-hybridized carbons (Fsp3) is 0.158. The van der Waals surface area contributed by atoms with Crippen LogP contribution >= 0.6 is 0 Å². The van der Waals surface area contributed by atoms with Crippen molar-refractivity contribution in [3.8, 4) is 12.1 Å². The average Bonchev–Trinajstić information content (AvgIpc) is 2.53. The van der Waals surface area contributed by atoms with E-state index in [9.17, 15) is 10.5 Å². The molecule has 0 spiro atoms. The largest absolute Gasteiger partial charge is 0.196 e. The zero-order valence-electron chi connectivity index (χ0n) is 12.0. The van der Waals surface area contributed by atoms with Crippen LogP contribution in [0, 0.1) is 29.6 Å². The number of aryl methyl sites for hydroxylation is 1. The summed E-state index contributed by atoms with van der Waals surface area (Å²) in [6, 6.07) is 21.5. The van der Waals surface area contributed by atoms with Crippen molar-refractivity contribution in [1.82, 2.24) is 0 Å². The van der Waals surface area contributed by atoms with Crippen molar-refractivity contribution < 1.29 is 0 Å². The highest BCUT2D eigenvalue weighted by Gasteiger charge is 2.33. The minimum atomic E-state index is -1.19. The Morgan fingerprint density at radius 1 is 1.05 bits per heavy atom. The fourth-order valence-corrected chi connectivity index (χ4v) is 2.35. The van der Waals surface area contributed by atoms with Crippen LogP contribution in [0.1, 0.15) is 23.1 Å². The van der Waals surface area contributed by atoms with Crippen LogP contribution in [0.4, 0.5) is 0 Å². The van der Waals surface area contributed by atoms with Crippen molar-refractivity contribution in [3.05, 3.63) is 77.9 Å². The van der Waals surface area contributed by atoms with Gasteiger partial charge in [0.1, 0.15) is 0 Å². The zero-order chi connectivity index (χ0) is 15.3. The number of hydrogen-bond acceptors (Lipinski definition) is 2. The van der Waals surface area contributed by atoms with Crippen molar-refractivity contribution in [1.29, 1.82) is 10.5 Å². The second kappa shape index (κ2) is 6.07. The van der Waals surface area contributed by atoms with Crippen LogP contribution in [0.5, 0.6) is 0 Å². The van der Waals surface area contributed by atoms with Gasteiger partial charge in [-0.15, -0.1) is 0 Å². The third-order valence-electron chi connectivity index (χ3n) is 3.55. The van der Waals surface area contributed by atoms with Crippen molar-refractivity contribution >= 4 is 5.57 Å². The number of rotatable bonds is 4. The molecule has 2 rings (SSSR count). The van der Waals surface area contributed by atoms with Gasteiger partial charge in [-0.1, -0.05) is 66.7 Å². The Morgan fingerprint density at radius 3 is 2.29 bits per heavy atom. The highest BCUT2D eigenvalue weighted by atomic mass is 14.4. The summed E-state index contributed by atoms with van der Waals surface area (Å²) in [6.45, 7) is 6.08. The van der Waals surface area contributed by atoms with Gasteiger partial charge in [-0.2, -0.15) is 10.5 Å². The number of nitriles is 2. The molecule has 2 aromatic rings. The molecule has 102 valence electrons. The van der Waals surface area contributed by atoms with E-state index in [1.54, 1.807) is 0 Å². The Balaban J connectivity index is 2.36. The van der Waals surface area contributed by atoms with Gasteiger partial charge in [0.2, 0.25) is 0 Å². The summed E-state index contributed by atoms with van der Waals surface area (Å²) in [5.41, 5.74) is 2.42. The van der Waals surface area contributed by atoms with Crippen molar-refractivity contribution in [2.24, 2.45) is 0 Å². The Labute approximate surface area is 125 Å². The van der Waals surface area contributed by atoms with Crippen LogP contribution < -0.4 is 0 Å². The molecule has 2 aromatic carbocycles. The molecule has 0 saturated heterocycles. The van der Waals surface area contributed by atoms with Crippen LogP contribution in [0.25, 0.3) is 5.57 Å². The van der Waals surface area contributed by atoms with Gasteiger partial charge in [-0.3, -0.25) is 0 Å². The lowest BCUT2D eigenvalue weighted by molar-refractivity contribution is 0.724. The molecule has 0 amide bonds. The van der Waals surface area contributed by atoms with Gasteiger partial charge in [0, 0.05) is 6.42 Å². The van der Waals surface area contributed by atoms with Crippen molar-refractivity contribution in [3.63, 3.8) is 0 Å². The van der Waals surface area contributed by atoms with Crippen LogP contribution in [-0.4, -0.2) is 0 Å². The lowest BCUT2D eigenvalue weighted by Crippen LogP contribution is -2.22. The first-order valence-corrected chi connectivity index (χ1v) is 6.74. The Bertz CT molecular complexity index is 716. The third kappa shape index (κ3) is 3.02. The predicted molar refractivity (Wildman–Crippen MR) is 84.2 cm³/mol. The lowest BCUT2D eigenvalue weighted by Gasteiger charge is -2.20. The van der Waals surface area contributed by atoms with Gasteiger partial charge in [-0.05, 0) is 23.6 Å². The van der Waals surface area contributed by atoms with E-state index in [0.29, 0.717) is 12.0 Å². The topological polar surface area (TPSA) is 47.6 Å². The molecule has 0 fully saturated rings. The molecule has 0 aromatic heterocycles. The van der Waals surface area contributed by atoms with E-state index in [1.807, 2.05) is 61.5 Å². The summed E-state index contributed by atoms with van der Waals surface area (Å²) in [7, 11) is 0. The number of hydrogen-bond donors (Lipinski definition) is 0. The van der Waals surface area contributed by atoms with Gasteiger partial charge < -0.3 is 0 Å². The number of benzene rings is 2. The molecule has 0 radical (unpaired) electrons. The summed E-state index contributed by atoms with van der Waals surface area (Å²) in [4.78, 5) is 0. The van der Waals surface area contributed by atoms with Gasteiger partial charge >= 0.3 is 0 Å². The molecule has 0 aliphatic carbocycles. The van der Waals surface area contributed by atoms with E-state index in [0.717, 1.165) is 16.7 Å². The van der Waals surface area contributed by atoms with Gasteiger partial charge in [0.05, 0.1) is 12.1 Å². The first-order valence-electron chi connectivity index (χ1n) is 6.74. The predicted octanol–water partition coefficient (Wildman–Crippen LogP) is 4.38. The standard InChI is InChI=1S/C19H16N2/c1-15-7-6-8-17(11-15)16(2)12-19(13-20,14-21)18-9-4-3-5-10-18/h3-11H,2,12H2,1H3. The van der Waals surface area contributed by atoms with Crippen molar-refractivity contribution in [2.45, 2.75) is 18.8 Å². The normalized spacial score (nSPS) is 10.4. The quantitative estimate of drug-likeness (QED) is 0.829. The van der Waals surface area contributed by atoms with Gasteiger partial charge in [-0.25, -0.2) is 0 Å². The Kier molecular flexibility index (Phi) is 4.21. The van der Waals surface area contributed by atoms with Crippen LogP contribution in [0.2, 0.25) is 0 Å². The van der Waals surface area contributed by atoms with Crippen molar-refractivity contribution in [2.75, 3.05) is 0 Å². The minimum Gasteiger partial charge on any atom is -0.196 e. The van der Waals surface area contributed by atoms with Crippen LogP contribution in [-0.2, 0) is 5.41 Å². The first-order chi connectivity index (χ1) is 10.1. The Morgan fingerprint density at radius 2 is 1.71 bits per heavy atom. The summed E-state index contributed by atoms with van der Waals surface area (Å²) < 4.78 is 0. The molecule has 0 atom stereocenters. The second-order valence-corrected chi connectivity index (χ2v) is 5.14. The molecule has 0 saturated carbocycles. The van der Waals surface area contributed by atoms with Gasteiger partial charge in [0.25, 0.3) is 0 Å². The van der Waals surface area contributed by atoms with E-state index in [1.165, 1.54) is 0 Å². The molecule has 0 aliphatic rings. The SMILES string of the molecule is C=C(CC(C#N)(C#N)c1ccccc1)c1cccc(C)c1. The average molecular weight is 272 g/mol. The Hall–Kier alpha value is -2.84. The summed E-state index contributed by atoms with van der Waals surface area (Å²) in [5.74, 6) is 0. The number of allylic oxidation sites excluding steroid dienone is 1. The maximum atomic E-state index is 9.57. The molecule has 21 heavy (non-hydrogen) atoms. The van der Waals surface area contributed by atoms with E-state index in [-0.39, 0.29) is 0 Å². The molecule has 0 N–H and O–H groups in total. The maximum absolute atomic E-state index is 9.57. The van der Waals surface area contributed by atoms with E-state index in [4.69, 9.17) is 0 Å². The minimum absolute atomic E-state index is 0.299.